The minimum Gasteiger partial charge on any atom is -0.309 e. The zero-order chi connectivity index (χ0) is 14.9. The van der Waals surface area contributed by atoms with Gasteiger partial charge in [0.15, 0.2) is 0 Å². The van der Waals surface area contributed by atoms with Crippen molar-refractivity contribution in [2.24, 2.45) is 0 Å². The molecule has 2 rings (SSSR count). The van der Waals surface area contributed by atoms with Gasteiger partial charge in [-0.1, -0.05) is 29.3 Å². The maximum atomic E-state index is 14.1. The van der Waals surface area contributed by atoms with Crippen molar-refractivity contribution in [1.29, 1.82) is 0 Å². The van der Waals surface area contributed by atoms with Gasteiger partial charge in [-0.25, -0.2) is 8.78 Å². The van der Waals surface area contributed by atoms with Crippen LogP contribution in [0.5, 0.6) is 0 Å². The van der Waals surface area contributed by atoms with Crippen molar-refractivity contribution < 1.29 is 8.78 Å². The Morgan fingerprint density at radius 2 is 1.70 bits per heavy atom. The predicted molar refractivity (Wildman–Crippen MR) is 78.5 cm³/mol. The van der Waals surface area contributed by atoms with Gasteiger partial charge in [0, 0.05) is 5.56 Å². The highest BCUT2D eigenvalue weighted by atomic mass is 35.5. The Labute approximate surface area is 126 Å². The zero-order valence-electron chi connectivity index (χ0n) is 11.0. The van der Waals surface area contributed by atoms with E-state index in [0.29, 0.717) is 15.6 Å². The van der Waals surface area contributed by atoms with Gasteiger partial charge in [0.05, 0.1) is 16.1 Å². The minimum atomic E-state index is -0.500. The van der Waals surface area contributed by atoms with Gasteiger partial charge in [0.1, 0.15) is 11.6 Å². The van der Waals surface area contributed by atoms with Gasteiger partial charge in [-0.05, 0) is 49.4 Å². The van der Waals surface area contributed by atoms with Crippen molar-refractivity contribution in [2.45, 2.75) is 13.0 Å². The smallest absolute Gasteiger partial charge is 0.128 e. The van der Waals surface area contributed by atoms with Crippen LogP contribution in [0.25, 0.3) is 0 Å². The molecular formula is C15H13Cl2F2N. The number of hydrogen-bond donors (Lipinski definition) is 1. The third-order valence-electron chi connectivity index (χ3n) is 3.15. The summed E-state index contributed by atoms with van der Waals surface area (Å²) >= 11 is 11.8. The third-order valence-corrected chi connectivity index (χ3v) is 3.89. The van der Waals surface area contributed by atoms with Crippen molar-refractivity contribution in [3.8, 4) is 0 Å². The maximum Gasteiger partial charge on any atom is 0.128 e. The highest BCUT2D eigenvalue weighted by Crippen LogP contribution is 2.30. The lowest BCUT2D eigenvalue weighted by Gasteiger charge is -2.19. The van der Waals surface area contributed by atoms with Gasteiger partial charge < -0.3 is 5.32 Å². The molecule has 0 saturated carbocycles. The lowest BCUT2D eigenvalue weighted by molar-refractivity contribution is 0.553. The summed E-state index contributed by atoms with van der Waals surface area (Å²) < 4.78 is 27.7. The summed E-state index contributed by atoms with van der Waals surface area (Å²) in [5.74, 6) is -0.906. The first kappa shape index (κ1) is 15.2. The summed E-state index contributed by atoms with van der Waals surface area (Å²) in [6.07, 6.45) is 0. The number of halogens is 4. The second kappa shape index (κ2) is 6.08. The number of aryl methyl sites for hydroxylation is 1. The van der Waals surface area contributed by atoms with Crippen LogP contribution in [0.1, 0.15) is 22.7 Å². The van der Waals surface area contributed by atoms with E-state index in [1.165, 1.54) is 19.1 Å². The molecule has 0 bridgehead atoms. The fourth-order valence-corrected chi connectivity index (χ4v) is 2.38. The van der Waals surface area contributed by atoms with Crippen molar-refractivity contribution in [3.05, 3.63) is 68.7 Å². The molecule has 1 N–H and O–H groups in total. The number of benzene rings is 2. The van der Waals surface area contributed by atoms with Crippen molar-refractivity contribution in [3.63, 3.8) is 0 Å². The van der Waals surface area contributed by atoms with E-state index in [2.05, 4.69) is 5.32 Å². The van der Waals surface area contributed by atoms with Crippen LogP contribution >= 0.6 is 23.2 Å². The average molecular weight is 316 g/mol. The number of nitrogens with one attached hydrogen (secondary N) is 1. The van der Waals surface area contributed by atoms with E-state index >= 15 is 0 Å². The molecule has 0 saturated heterocycles. The summed E-state index contributed by atoms with van der Waals surface area (Å²) in [6.45, 7) is 1.52. The van der Waals surface area contributed by atoms with Gasteiger partial charge in [-0.15, -0.1) is 0 Å². The largest absolute Gasteiger partial charge is 0.309 e. The standard InChI is InChI=1S/C15H13Cl2F2N/c1-8-5-14(19)10(7-13(8)18)15(20-2)9-3-4-11(16)12(17)6-9/h3-7,15,20H,1-2H3. The van der Waals surface area contributed by atoms with E-state index in [-0.39, 0.29) is 11.1 Å². The predicted octanol–water partition coefficient (Wildman–Crippen LogP) is 4.89. The topological polar surface area (TPSA) is 12.0 Å². The van der Waals surface area contributed by atoms with E-state index < -0.39 is 17.7 Å². The van der Waals surface area contributed by atoms with Crippen LogP contribution in [-0.2, 0) is 0 Å². The van der Waals surface area contributed by atoms with E-state index in [9.17, 15) is 8.78 Å². The Bertz CT molecular complexity index is 644. The van der Waals surface area contributed by atoms with E-state index in [0.717, 1.165) is 0 Å². The monoisotopic (exact) mass is 315 g/mol. The Morgan fingerprint density at radius 1 is 1.00 bits per heavy atom. The first-order valence-corrected chi connectivity index (χ1v) is 6.77. The first-order valence-electron chi connectivity index (χ1n) is 6.01. The molecule has 5 heteroatoms. The first-order chi connectivity index (χ1) is 9.43. The van der Waals surface area contributed by atoms with Gasteiger partial charge in [-0.2, -0.15) is 0 Å². The fraction of sp³-hybridized carbons (Fsp3) is 0.200. The lowest BCUT2D eigenvalue weighted by Crippen LogP contribution is -2.19. The molecule has 106 valence electrons. The average Bonchev–Trinajstić information content (AvgIpc) is 2.40. The maximum absolute atomic E-state index is 14.1. The van der Waals surface area contributed by atoms with E-state index in [4.69, 9.17) is 23.2 Å². The molecule has 0 aliphatic carbocycles. The summed E-state index contributed by atoms with van der Waals surface area (Å²) in [7, 11) is 1.67. The molecule has 0 fully saturated rings. The molecule has 1 unspecified atom stereocenters. The second-order valence-electron chi connectivity index (χ2n) is 4.52. The summed E-state index contributed by atoms with van der Waals surface area (Å²) in [6, 6.07) is 6.89. The van der Waals surface area contributed by atoms with Crippen LogP contribution < -0.4 is 5.32 Å². The minimum absolute atomic E-state index is 0.231. The summed E-state index contributed by atoms with van der Waals surface area (Å²) in [5, 5.41) is 3.75. The SMILES string of the molecule is CNC(c1ccc(Cl)c(Cl)c1)c1cc(F)c(C)cc1F. The van der Waals surface area contributed by atoms with Crippen molar-refractivity contribution in [2.75, 3.05) is 7.05 Å². The van der Waals surface area contributed by atoms with Crippen LogP contribution in [0.3, 0.4) is 0 Å². The van der Waals surface area contributed by atoms with Crippen LogP contribution in [0.15, 0.2) is 30.3 Å². The van der Waals surface area contributed by atoms with Crippen LogP contribution in [-0.4, -0.2) is 7.05 Å². The number of rotatable bonds is 3. The molecule has 0 aromatic heterocycles. The summed E-state index contributed by atoms with van der Waals surface area (Å²) in [5.41, 5.74) is 1.22. The Kier molecular flexibility index (Phi) is 4.63. The number of hydrogen-bond acceptors (Lipinski definition) is 1. The lowest BCUT2D eigenvalue weighted by atomic mass is 9.97. The van der Waals surface area contributed by atoms with Crippen LogP contribution in [0.2, 0.25) is 10.0 Å². The van der Waals surface area contributed by atoms with E-state index in [1.54, 1.807) is 25.2 Å². The van der Waals surface area contributed by atoms with Crippen LogP contribution in [0.4, 0.5) is 8.78 Å². The molecule has 2 aromatic rings. The van der Waals surface area contributed by atoms with Gasteiger partial charge in [0.25, 0.3) is 0 Å². The van der Waals surface area contributed by atoms with Gasteiger partial charge in [0.2, 0.25) is 0 Å². The molecule has 0 radical (unpaired) electrons. The normalized spacial score (nSPS) is 12.5. The molecule has 0 aliphatic heterocycles. The molecule has 2 aromatic carbocycles. The molecule has 1 atom stereocenters. The molecule has 20 heavy (non-hydrogen) atoms. The van der Waals surface area contributed by atoms with E-state index in [1.807, 2.05) is 0 Å². The Morgan fingerprint density at radius 3 is 2.30 bits per heavy atom. The molecular weight excluding hydrogens is 303 g/mol. The highest BCUT2D eigenvalue weighted by Gasteiger charge is 2.19. The quantitative estimate of drug-likeness (QED) is 0.850. The second-order valence-corrected chi connectivity index (χ2v) is 5.33. The molecule has 0 aliphatic rings. The van der Waals surface area contributed by atoms with Crippen molar-refractivity contribution >= 4 is 23.2 Å². The van der Waals surface area contributed by atoms with Crippen molar-refractivity contribution in [1.82, 2.24) is 5.32 Å². The molecule has 0 spiro atoms. The Hall–Kier alpha value is -1.16. The molecule has 0 amide bonds. The third kappa shape index (κ3) is 2.95. The summed E-state index contributed by atoms with van der Waals surface area (Å²) in [4.78, 5) is 0. The fourth-order valence-electron chi connectivity index (χ4n) is 2.08. The van der Waals surface area contributed by atoms with Gasteiger partial charge >= 0.3 is 0 Å². The Balaban J connectivity index is 2.52. The molecule has 1 nitrogen and oxygen atoms in total. The molecule has 0 heterocycles. The van der Waals surface area contributed by atoms with Gasteiger partial charge in [-0.3, -0.25) is 0 Å². The zero-order valence-corrected chi connectivity index (χ0v) is 12.5. The highest BCUT2D eigenvalue weighted by molar-refractivity contribution is 6.42. The van der Waals surface area contributed by atoms with Crippen LogP contribution in [0, 0.1) is 18.6 Å².